The number of benzene rings is 1. The smallest absolute Gasteiger partial charge is 0.360 e. The Kier molecular flexibility index (Phi) is 5.18. The van der Waals surface area contributed by atoms with Crippen molar-refractivity contribution in [1.29, 1.82) is 0 Å². The molecule has 1 saturated heterocycles. The van der Waals surface area contributed by atoms with Gasteiger partial charge in [0.05, 0.1) is 29.9 Å². The number of carbonyl (C=O) groups excluding carboxylic acids is 1. The fourth-order valence-electron chi connectivity index (χ4n) is 2.95. The van der Waals surface area contributed by atoms with Crippen molar-refractivity contribution >= 4 is 17.3 Å². The van der Waals surface area contributed by atoms with E-state index in [1.165, 1.54) is 4.68 Å². The molecule has 0 saturated carbocycles. The van der Waals surface area contributed by atoms with Crippen LogP contribution in [0.2, 0.25) is 0 Å². The molecule has 0 radical (unpaired) electrons. The van der Waals surface area contributed by atoms with E-state index in [9.17, 15) is 4.79 Å². The molecule has 0 atom stereocenters. The zero-order chi connectivity index (χ0) is 17.8. The summed E-state index contributed by atoms with van der Waals surface area (Å²) in [6.45, 7) is 6.12. The topological polar surface area (TPSA) is 89.5 Å². The second-order valence-corrected chi connectivity index (χ2v) is 6.16. The van der Waals surface area contributed by atoms with Gasteiger partial charge in [0.25, 0.3) is 0 Å². The molecular formula is C17H24N6O2. The maximum Gasteiger partial charge on any atom is 0.360 e. The number of esters is 1. The molecule has 134 valence electrons. The lowest BCUT2D eigenvalue weighted by atomic mass is 10.2. The number of hydrogen-bond donors (Lipinski definition) is 1. The summed E-state index contributed by atoms with van der Waals surface area (Å²) in [5.74, 6) is -0.480. The van der Waals surface area contributed by atoms with Crippen molar-refractivity contribution in [3.63, 3.8) is 0 Å². The van der Waals surface area contributed by atoms with Crippen molar-refractivity contribution < 1.29 is 9.53 Å². The van der Waals surface area contributed by atoms with E-state index in [-0.39, 0.29) is 5.69 Å². The van der Waals surface area contributed by atoms with Gasteiger partial charge in [0, 0.05) is 19.6 Å². The van der Waals surface area contributed by atoms with E-state index in [0.29, 0.717) is 12.3 Å². The average molecular weight is 344 g/mol. The van der Waals surface area contributed by atoms with Gasteiger partial charge in [-0.25, -0.2) is 9.48 Å². The number of nitrogen functional groups attached to an aromatic ring is 1. The molecule has 0 spiro atoms. The fraction of sp³-hybridized carbons (Fsp3) is 0.471. The van der Waals surface area contributed by atoms with E-state index in [1.54, 1.807) is 13.1 Å². The minimum atomic E-state index is -0.480. The Morgan fingerprint density at radius 3 is 2.88 bits per heavy atom. The molecule has 3 rings (SSSR count). The van der Waals surface area contributed by atoms with Crippen molar-refractivity contribution in [2.75, 3.05) is 50.5 Å². The van der Waals surface area contributed by atoms with E-state index in [1.807, 2.05) is 18.2 Å². The molecule has 1 aliphatic heterocycles. The van der Waals surface area contributed by atoms with Gasteiger partial charge in [-0.05, 0) is 45.1 Å². The lowest BCUT2D eigenvalue weighted by Crippen LogP contribution is -2.29. The van der Waals surface area contributed by atoms with Crippen LogP contribution >= 0.6 is 0 Å². The highest BCUT2D eigenvalue weighted by molar-refractivity contribution is 5.86. The Bertz CT molecular complexity index is 744. The molecule has 1 aliphatic rings. The summed E-state index contributed by atoms with van der Waals surface area (Å²) < 4.78 is 6.46. The number of aromatic nitrogens is 3. The summed E-state index contributed by atoms with van der Waals surface area (Å²) in [5, 5.41) is 7.84. The highest BCUT2D eigenvalue weighted by Gasteiger charge is 2.16. The Morgan fingerprint density at radius 1 is 1.28 bits per heavy atom. The lowest BCUT2D eigenvalue weighted by Gasteiger charge is -2.24. The first-order valence-electron chi connectivity index (χ1n) is 8.51. The van der Waals surface area contributed by atoms with E-state index in [0.717, 1.165) is 44.0 Å². The normalized spacial score (nSPS) is 15.8. The van der Waals surface area contributed by atoms with Crippen molar-refractivity contribution in [3.8, 4) is 5.69 Å². The van der Waals surface area contributed by atoms with Crippen LogP contribution in [0.4, 0.5) is 11.4 Å². The minimum absolute atomic E-state index is 0.181. The molecule has 2 heterocycles. The zero-order valence-electron chi connectivity index (χ0n) is 14.7. The molecule has 25 heavy (non-hydrogen) atoms. The van der Waals surface area contributed by atoms with Crippen molar-refractivity contribution in [2.24, 2.45) is 0 Å². The van der Waals surface area contributed by atoms with Crippen LogP contribution in [0, 0.1) is 0 Å². The summed E-state index contributed by atoms with van der Waals surface area (Å²) in [5.41, 5.74) is 8.94. The van der Waals surface area contributed by atoms with Crippen LogP contribution in [0.3, 0.4) is 0 Å². The summed E-state index contributed by atoms with van der Waals surface area (Å²) in [6, 6.07) is 5.79. The molecule has 0 aliphatic carbocycles. The third-order valence-corrected chi connectivity index (χ3v) is 4.31. The molecule has 2 aromatic rings. The zero-order valence-corrected chi connectivity index (χ0v) is 14.7. The maximum absolute atomic E-state index is 11.7. The van der Waals surface area contributed by atoms with E-state index < -0.39 is 5.97 Å². The number of anilines is 2. The summed E-state index contributed by atoms with van der Waals surface area (Å²) in [4.78, 5) is 16.3. The van der Waals surface area contributed by atoms with Gasteiger partial charge in [-0.3, -0.25) is 0 Å². The third kappa shape index (κ3) is 3.90. The molecule has 8 nitrogen and oxygen atoms in total. The van der Waals surface area contributed by atoms with Gasteiger partial charge in [0.1, 0.15) is 0 Å². The van der Waals surface area contributed by atoms with Crippen LogP contribution in [-0.2, 0) is 4.74 Å². The molecule has 0 unspecified atom stereocenters. The monoisotopic (exact) mass is 344 g/mol. The van der Waals surface area contributed by atoms with Gasteiger partial charge in [-0.15, -0.1) is 5.10 Å². The van der Waals surface area contributed by atoms with E-state index in [2.05, 4.69) is 27.2 Å². The summed E-state index contributed by atoms with van der Waals surface area (Å²) >= 11 is 0. The van der Waals surface area contributed by atoms with Gasteiger partial charge in [-0.2, -0.15) is 0 Å². The van der Waals surface area contributed by atoms with Gasteiger partial charge in [-0.1, -0.05) is 5.21 Å². The van der Waals surface area contributed by atoms with Crippen LogP contribution in [0.25, 0.3) is 5.69 Å². The molecule has 1 fully saturated rings. The predicted octanol–water partition coefficient (Wildman–Crippen LogP) is 1.17. The number of ether oxygens (including phenoxy) is 1. The van der Waals surface area contributed by atoms with Gasteiger partial charge >= 0.3 is 5.97 Å². The molecule has 2 N–H and O–H groups in total. The number of likely N-dealkylation sites (N-methyl/N-ethyl adjacent to an activating group) is 1. The fourth-order valence-corrected chi connectivity index (χ4v) is 2.95. The van der Waals surface area contributed by atoms with Crippen molar-refractivity contribution in [2.45, 2.75) is 13.3 Å². The van der Waals surface area contributed by atoms with Crippen LogP contribution in [0.5, 0.6) is 0 Å². The van der Waals surface area contributed by atoms with Crippen LogP contribution < -0.4 is 10.6 Å². The van der Waals surface area contributed by atoms with E-state index >= 15 is 0 Å². The first-order chi connectivity index (χ1) is 12.1. The highest BCUT2D eigenvalue weighted by Crippen LogP contribution is 2.26. The number of rotatable bonds is 4. The molecular weight excluding hydrogens is 320 g/mol. The molecule has 1 aromatic carbocycles. The lowest BCUT2D eigenvalue weighted by molar-refractivity contribution is 0.0519. The Balaban J connectivity index is 1.79. The Hall–Kier alpha value is -2.61. The van der Waals surface area contributed by atoms with Crippen molar-refractivity contribution in [1.82, 2.24) is 19.9 Å². The number of nitrogens with two attached hydrogens (primary N) is 1. The second-order valence-electron chi connectivity index (χ2n) is 6.16. The molecule has 0 bridgehead atoms. The summed E-state index contributed by atoms with van der Waals surface area (Å²) in [6.07, 6.45) is 2.66. The average Bonchev–Trinajstić information content (AvgIpc) is 2.99. The largest absolute Gasteiger partial charge is 0.461 e. The number of carbonyl (C=O) groups is 1. The second kappa shape index (κ2) is 7.52. The third-order valence-electron chi connectivity index (χ3n) is 4.31. The highest BCUT2D eigenvalue weighted by atomic mass is 16.5. The number of hydrogen-bond acceptors (Lipinski definition) is 7. The van der Waals surface area contributed by atoms with Gasteiger partial charge < -0.3 is 20.3 Å². The molecule has 8 heteroatoms. The predicted molar refractivity (Wildman–Crippen MR) is 96.1 cm³/mol. The first-order valence-corrected chi connectivity index (χ1v) is 8.51. The van der Waals surface area contributed by atoms with Crippen molar-refractivity contribution in [3.05, 3.63) is 30.1 Å². The van der Waals surface area contributed by atoms with Gasteiger partial charge in [0.15, 0.2) is 5.69 Å². The van der Waals surface area contributed by atoms with E-state index in [4.69, 9.17) is 10.5 Å². The SMILES string of the molecule is CCOC(=O)c1cn(-c2ccc(N3CCCN(C)CC3)c(N)c2)nn1. The summed E-state index contributed by atoms with van der Waals surface area (Å²) in [7, 11) is 2.14. The molecule has 0 amide bonds. The van der Waals surface area contributed by atoms with Crippen LogP contribution in [0.15, 0.2) is 24.4 Å². The Morgan fingerprint density at radius 2 is 2.12 bits per heavy atom. The van der Waals surface area contributed by atoms with Crippen LogP contribution in [-0.4, -0.2) is 65.7 Å². The standard InChI is InChI=1S/C17H24N6O2/c1-3-25-17(24)15-12-23(20-19-15)13-5-6-16(14(18)11-13)22-8-4-7-21(2)9-10-22/h5-6,11-12H,3-4,7-10,18H2,1-2H3. The number of nitrogens with zero attached hydrogens (tertiary/aromatic N) is 5. The minimum Gasteiger partial charge on any atom is -0.461 e. The van der Waals surface area contributed by atoms with Crippen LogP contribution in [0.1, 0.15) is 23.8 Å². The Labute approximate surface area is 147 Å². The van der Waals surface area contributed by atoms with Gasteiger partial charge in [0.2, 0.25) is 0 Å². The molecule has 1 aromatic heterocycles. The quantitative estimate of drug-likeness (QED) is 0.658. The first kappa shape index (κ1) is 17.2. The maximum atomic E-state index is 11.7.